The number of fused-ring (bicyclic) bond motifs is 1. The molecule has 0 radical (unpaired) electrons. The molecule has 4 rings (SSSR count). The lowest BCUT2D eigenvalue weighted by atomic mass is 10.2. The standard InChI is InChI=1S/C21H20N4O2/c1-2-27-20(26)16-7-9-17(10-8-16)23-21-22-13-11-19(24-21)25-14-12-15-5-3-4-6-18(15)25/h3-11,13H,2,12,14H2,1H3,(H,22,23,24). The molecule has 6 nitrogen and oxygen atoms in total. The number of para-hydroxylation sites is 1. The van der Waals surface area contributed by atoms with Gasteiger partial charge in [0.25, 0.3) is 0 Å². The average molecular weight is 360 g/mol. The number of esters is 1. The van der Waals surface area contributed by atoms with Crippen molar-refractivity contribution in [3.8, 4) is 0 Å². The van der Waals surface area contributed by atoms with Gasteiger partial charge in [0, 0.05) is 24.1 Å². The zero-order chi connectivity index (χ0) is 18.6. The number of benzene rings is 2. The monoisotopic (exact) mass is 360 g/mol. The Bertz CT molecular complexity index is 956. The van der Waals surface area contributed by atoms with Gasteiger partial charge in [-0.1, -0.05) is 18.2 Å². The van der Waals surface area contributed by atoms with Crippen molar-refractivity contribution in [1.29, 1.82) is 0 Å². The molecule has 0 saturated carbocycles. The van der Waals surface area contributed by atoms with Crippen LogP contribution in [0.5, 0.6) is 0 Å². The number of anilines is 4. The van der Waals surface area contributed by atoms with Crippen LogP contribution in [0.3, 0.4) is 0 Å². The third kappa shape index (κ3) is 3.60. The quantitative estimate of drug-likeness (QED) is 0.691. The highest BCUT2D eigenvalue weighted by atomic mass is 16.5. The van der Waals surface area contributed by atoms with E-state index in [2.05, 4.69) is 38.4 Å². The van der Waals surface area contributed by atoms with Crippen molar-refractivity contribution in [3.05, 3.63) is 71.9 Å². The van der Waals surface area contributed by atoms with Gasteiger partial charge in [-0.2, -0.15) is 4.98 Å². The molecule has 3 aromatic rings. The van der Waals surface area contributed by atoms with E-state index in [4.69, 9.17) is 4.74 Å². The Morgan fingerprint density at radius 2 is 1.96 bits per heavy atom. The third-order valence-corrected chi connectivity index (χ3v) is 4.46. The fourth-order valence-electron chi connectivity index (χ4n) is 3.17. The number of carbonyl (C=O) groups is 1. The van der Waals surface area contributed by atoms with Crippen LogP contribution in [-0.4, -0.2) is 29.1 Å². The Balaban J connectivity index is 1.51. The minimum atomic E-state index is -0.324. The summed E-state index contributed by atoms with van der Waals surface area (Å²) in [4.78, 5) is 22.9. The van der Waals surface area contributed by atoms with Crippen molar-refractivity contribution in [2.24, 2.45) is 0 Å². The molecule has 27 heavy (non-hydrogen) atoms. The van der Waals surface area contributed by atoms with Crippen LogP contribution in [0.2, 0.25) is 0 Å². The van der Waals surface area contributed by atoms with E-state index in [0.29, 0.717) is 18.1 Å². The first-order valence-electron chi connectivity index (χ1n) is 8.97. The van der Waals surface area contributed by atoms with Gasteiger partial charge in [-0.15, -0.1) is 0 Å². The molecule has 0 aliphatic carbocycles. The number of hydrogen-bond donors (Lipinski definition) is 1. The largest absolute Gasteiger partial charge is 0.462 e. The van der Waals surface area contributed by atoms with Crippen LogP contribution in [0.15, 0.2) is 60.8 Å². The first-order chi connectivity index (χ1) is 13.2. The summed E-state index contributed by atoms with van der Waals surface area (Å²) in [5, 5.41) is 3.19. The molecule has 0 fully saturated rings. The number of nitrogens with one attached hydrogen (secondary N) is 1. The van der Waals surface area contributed by atoms with E-state index in [9.17, 15) is 4.79 Å². The van der Waals surface area contributed by atoms with Crippen LogP contribution in [0.4, 0.5) is 23.1 Å². The smallest absolute Gasteiger partial charge is 0.338 e. The van der Waals surface area contributed by atoms with Gasteiger partial charge in [0.05, 0.1) is 12.2 Å². The van der Waals surface area contributed by atoms with Crippen LogP contribution < -0.4 is 10.2 Å². The molecule has 0 spiro atoms. The summed E-state index contributed by atoms with van der Waals surface area (Å²) >= 11 is 0. The number of ether oxygens (including phenoxy) is 1. The highest BCUT2D eigenvalue weighted by Gasteiger charge is 2.21. The molecule has 0 unspecified atom stereocenters. The average Bonchev–Trinajstić information content (AvgIpc) is 3.13. The van der Waals surface area contributed by atoms with Crippen LogP contribution in [0.1, 0.15) is 22.8 Å². The molecule has 1 N–H and O–H groups in total. The molecule has 0 amide bonds. The van der Waals surface area contributed by atoms with Gasteiger partial charge in [-0.3, -0.25) is 0 Å². The first-order valence-corrected chi connectivity index (χ1v) is 8.97. The number of aromatic nitrogens is 2. The maximum absolute atomic E-state index is 11.7. The summed E-state index contributed by atoms with van der Waals surface area (Å²) in [5.41, 5.74) is 3.86. The minimum Gasteiger partial charge on any atom is -0.462 e. The van der Waals surface area contributed by atoms with Crippen molar-refractivity contribution in [1.82, 2.24) is 9.97 Å². The lowest BCUT2D eigenvalue weighted by molar-refractivity contribution is 0.0526. The molecule has 0 bridgehead atoms. The van der Waals surface area contributed by atoms with Crippen LogP contribution in [0.25, 0.3) is 0 Å². The Kier molecular flexibility index (Phi) is 4.70. The van der Waals surface area contributed by atoms with Gasteiger partial charge in [-0.25, -0.2) is 9.78 Å². The summed E-state index contributed by atoms with van der Waals surface area (Å²) in [6.45, 7) is 3.06. The second-order valence-electron chi connectivity index (χ2n) is 6.19. The first kappa shape index (κ1) is 17.0. The molecule has 1 aliphatic rings. The van der Waals surface area contributed by atoms with E-state index in [1.165, 1.54) is 11.3 Å². The highest BCUT2D eigenvalue weighted by molar-refractivity contribution is 5.89. The van der Waals surface area contributed by atoms with Gasteiger partial charge in [-0.05, 0) is 55.3 Å². The molecule has 0 atom stereocenters. The lowest BCUT2D eigenvalue weighted by Gasteiger charge is -2.18. The Hall–Kier alpha value is -3.41. The summed E-state index contributed by atoms with van der Waals surface area (Å²) in [7, 11) is 0. The Labute approximate surface area is 157 Å². The zero-order valence-electron chi connectivity index (χ0n) is 15.1. The van der Waals surface area contributed by atoms with Crippen LogP contribution >= 0.6 is 0 Å². The topological polar surface area (TPSA) is 67.3 Å². The van der Waals surface area contributed by atoms with Crippen LogP contribution in [-0.2, 0) is 11.2 Å². The summed E-state index contributed by atoms with van der Waals surface area (Å²) in [5.74, 6) is 1.05. The number of nitrogens with zero attached hydrogens (tertiary/aromatic N) is 3. The molecule has 2 heterocycles. The number of hydrogen-bond acceptors (Lipinski definition) is 6. The van der Waals surface area contributed by atoms with Crippen molar-refractivity contribution >= 4 is 29.1 Å². The normalized spacial score (nSPS) is 12.6. The van der Waals surface area contributed by atoms with Gasteiger partial charge < -0.3 is 15.0 Å². The molecule has 136 valence electrons. The van der Waals surface area contributed by atoms with E-state index >= 15 is 0 Å². The van der Waals surface area contributed by atoms with Gasteiger partial charge in [0.1, 0.15) is 5.82 Å². The van der Waals surface area contributed by atoms with E-state index in [1.54, 1.807) is 25.3 Å². The predicted molar refractivity (Wildman–Crippen MR) is 105 cm³/mol. The lowest BCUT2D eigenvalue weighted by Crippen LogP contribution is -2.15. The third-order valence-electron chi connectivity index (χ3n) is 4.46. The minimum absolute atomic E-state index is 0.324. The number of carbonyl (C=O) groups excluding carboxylic acids is 1. The SMILES string of the molecule is CCOC(=O)c1ccc(Nc2nccc(N3CCc4ccccc43)n2)cc1. The van der Waals surface area contributed by atoms with Gasteiger partial charge >= 0.3 is 5.97 Å². The zero-order valence-corrected chi connectivity index (χ0v) is 15.1. The Morgan fingerprint density at radius 3 is 2.78 bits per heavy atom. The molecule has 6 heteroatoms. The Morgan fingerprint density at radius 1 is 1.15 bits per heavy atom. The summed E-state index contributed by atoms with van der Waals surface area (Å²) < 4.78 is 5.00. The fourth-order valence-corrected chi connectivity index (χ4v) is 3.17. The maximum Gasteiger partial charge on any atom is 0.338 e. The molecular formula is C21H20N4O2. The predicted octanol–water partition coefficient (Wildman–Crippen LogP) is 4.09. The van der Waals surface area contributed by atoms with E-state index < -0.39 is 0 Å². The summed E-state index contributed by atoms with van der Waals surface area (Å²) in [6.07, 6.45) is 2.76. The number of rotatable bonds is 5. The van der Waals surface area contributed by atoms with Crippen molar-refractivity contribution < 1.29 is 9.53 Å². The van der Waals surface area contributed by atoms with Crippen molar-refractivity contribution in [2.45, 2.75) is 13.3 Å². The van der Waals surface area contributed by atoms with Crippen molar-refractivity contribution in [3.63, 3.8) is 0 Å². The molecule has 2 aromatic carbocycles. The van der Waals surface area contributed by atoms with Crippen LogP contribution in [0, 0.1) is 0 Å². The second kappa shape index (κ2) is 7.45. The molecule has 1 aliphatic heterocycles. The molecular weight excluding hydrogens is 340 g/mol. The summed E-state index contributed by atoms with van der Waals surface area (Å²) in [6, 6.07) is 17.4. The maximum atomic E-state index is 11.7. The van der Waals surface area contributed by atoms with Gasteiger partial charge in [0.15, 0.2) is 0 Å². The van der Waals surface area contributed by atoms with Crippen molar-refractivity contribution in [2.75, 3.05) is 23.4 Å². The van der Waals surface area contributed by atoms with E-state index in [-0.39, 0.29) is 5.97 Å². The highest BCUT2D eigenvalue weighted by Crippen LogP contribution is 2.33. The van der Waals surface area contributed by atoms with Gasteiger partial charge in [0.2, 0.25) is 5.95 Å². The van der Waals surface area contributed by atoms with E-state index in [0.717, 1.165) is 24.5 Å². The second-order valence-corrected chi connectivity index (χ2v) is 6.19. The molecule has 0 saturated heterocycles. The fraction of sp³-hybridized carbons (Fsp3) is 0.190. The molecule has 1 aromatic heterocycles. The van der Waals surface area contributed by atoms with E-state index in [1.807, 2.05) is 24.3 Å².